The van der Waals surface area contributed by atoms with Crippen LogP contribution in [0.5, 0.6) is 0 Å². The molecular formula is C11H18N2O2. The van der Waals surface area contributed by atoms with Gasteiger partial charge in [0.2, 0.25) is 0 Å². The number of rotatable bonds is 5. The Morgan fingerprint density at radius 3 is 2.40 bits per heavy atom. The highest BCUT2D eigenvalue weighted by atomic mass is 16.7. The first-order chi connectivity index (χ1) is 7.22. The number of hydrogen-bond acceptors (Lipinski definition) is 4. The Bertz CT molecular complexity index is 300. The van der Waals surface area contributed by atoms with E-state index in [-0.39, 0.29) is 6.04 Å². The number of hydrogen-bond donors (Lipinski definition) is 2. The van der Waals surface area contributed by atoms with E-state index in [1.54, 1.807) is 14.2 Å². The number of hydrazine groups is 1. The summed E-state index contributed by atoms with van der Waals surface area (Å²) in [6.45, 7) is 2.03. The molecule has 0 bridgehead atoms. The van der Waals surface area contributed by atoms with Crippen molar-refractivity contribution in [2.45, 2.75) is 19.3 Å². The van der Waals surface area contributed by atoms with E-state index < -0.39 is 6.29 Å². The van der Waals surface area contributed by atoms with Gasteiger partial charge >= 0.3 is 0 Å². The van der Waals surface area contributed by atoms with Gasteiger partial charge in [-0.2, -0.15) is 0 Å². The Hall–Kier alpha value is -0.940. The van der Waals surface area contributed by atoms with Gasteiger partial charge < -0.3 is 9.47 Å². The SMILES string of the molecule is COC(OC)C(NN)c1cccc(C)c1. The van der Waals surface area contributed by atoms with Gasteiger partial charge in [-0.05, 0) is 12.5 Å². The largest absolute Gasteiger partial charge is 0.354 e. The summed E-state index contributed by atoms with van der Waals surface area (Å²) in [6, 6.07) is 7.89. The summed E-state index contributed by atoms with van der Waals surface area (Å²) in [4.78, 5) is 0. The maximum atomic E-state index is 5.50. The molecule has 3 N–H and O–H groups in total. The third kappa shape index (κ3) is 3.00. The molecule has 0 aliphatic rings. The Labute approximate surface area is 90.3 Å². The zero-order chi connectivity index (χ0) is 11.3. The minimum Gasteiger partial charge on any atom is -0.354 e. The molecule has 1 rings (SSSR count). The number of aryl methyl sites for hydroxylation is 1. The summed E-state index contributed by atoms with van der Waals surface area (Å²) in [5, 5.41) is 0. The van der Waals surface area contributed by atoms with Crippen molar-refractivity contribution in [1.82, 2.24) is 5.43 Å². The molecule has 0 amide bonds. The molecule has 1 aromatic rings. The second-order valence-electron chi connectivity index (χ2n) is 3.40. The molecule has 1 aromatic carbocycles. The van der Waals surface area contributed by atoms with Crippen LogP contribution in [-0.2, 0) is 9.47 Å². The highest BCUT2D eigenvalue weighted by molar-refractivity contribution is 5.25. The van der Waals surface area contributed by atoms with Crippen molar-refractivity contribution in [2.24, 2.45) is 5.84 Å². The fourth-order valence-corrected chi connectivity index (χ4v) is 1.56. The van der Waals surface area contributed by atoms with E-state index >= 15 is 0 Å². The van der Waals surface area contributed by atoms with Crippen LogP contribution in [0.25, 0.3) is 0 Å². The predicted molar refractivity (Wildman–Crippen MR) is 59.0 cm³/mol. The Kier molecular flexibility index (Phi) is 4.71. The fourth-order valence-electron chi connectivity index (χ4n) is 1.56. The van der Waals surface area contributed by atoms with Crippen molar-refractivity contribution < 1.29 is 9.47 Å². The normalized spacial score (nSPS) is 13.1. The molecule has 1 atom stereocenters. The van der Waals surface area contributed by atoms with Crippen molar-refractivity contribution in [2.75, 3.05) is 14.2 Å². The first-order valence-electron chi connectivity index (χ1n) is 4.81. The predicted octanol–water partition coefficient (Wildman–Crippen LogP) is 1.12. The van der Waals surface area contributed by atoms with E-state index in [1.165, 1.54) is 5.56 Å². The molecule has 0 saturated carbocycles. The monoisotopic (exact) mass is 210 g/mol. The average molecular weight is 210 g/mol. The molecule has 0 aliphatic carbocycles. The van der Waals surface area contributed by atoms with Crippen molar-refractivity contribution >= 4 is 0 Å². The molecule has 1 unspecified atom stereocenters. The summed E-state index contributed by atoms with van der Waals surface area (Å²) in [5.41, 5.74) is 4.92. The van der Waals surface area contributed by atoms with Gasteiger partial charge in [0.1, 0.15) is 0 Å². The van der Waals surface area contributed by atoms with E-state index in [0.29, 0.717) is 0 Å². The van der Waals surface area contributed by atoms with Crippen LogP contribution in [0.4, 0.5) is 0 Å². The summed E-state index contributed by atoms with van der Waals surface area (Å²) in [6.07, 6.45) is -0.392. The van der Waals surface area contributed by atoms with Gasteiger partial charge in [-0.15, -0.1) is 0 Å². The highest BCUT2D eigenvalue weighted by Gasteiger charge is 2.21. The fraction of sp³-hybridized carbons (Fsp3) is 0.455. The second kappa shape index (κ2) is 5.82. The van der Waals surface area contributed by atoms with Gasteiger partial charge in [0.15, 0.2) is 6.29 Å². The molecule has 4 nitrogen and oxygen atoms in total. The van der Waals surface area contributed by atoms with Gasteiger partial charge in [-0.1, -0.05) is 29.8 Å². The van der Waals surface area contributed by atoms with E-state index in [4.69, 9.17) is 15.3 Å². The number of nitrogens with two attached hydrogens (primary N) is 1. The summed E-state index contributed by atoms with van der Waals surface area (Å²) >= 11 is 0. The number of nitrogens with one attached hydrogen (secondary N) is 1. The third-order valence-electron chi connectivity index (χ3n) is 2.32. The smallest absolute Gasteiger partial charge is 0.177 e. The molecular weight excluding hydrogens is 192 g/mol. The third-order valence-corrected chi connectivity index (χ3v) is 2.32. The molecule has 0 saturated heterocycles. The zero-order valence-electron chi connectivity index (χ0n) is 9.36. The lowest BCUT2D eigenvalue weighted by molar-refractivity contribution is -0.124. The van der Waals surface area contributed by atoms with E-state index in [2.05, 4.69) is 11.5 Å². The summed E-state index contributed by atoms with van der Waals surface area (Å²) < 4.78 is 10.4. The van der Waals surface area contributed by atoms with Crippen molar-refractivity contribution in [3.8, 4) is 0 Å². The number of ether oxygens (including phenoxy) is 2. The standard InChI is InChI=1S/C11H18N2O2/c1-8-5-4-6-9(7-8)10(13-12)11(14-2)15-3/h4-7,10-11,13H,12H2,1-3H3. The molecule has 84 valence electrons. The van der Waals surface area contributed by atoms with Crippen LogP contribution in [0, 0.1) is 6.92 Å². The summed E-state index contributed by atoms with van der Waals surface area (Å²) in [5.74, 6) is 5.50. The van der Waals surface area contributed by atoms with Crippen molar-refractivity contribution in [1.29, 1.82) is 0 Å². The number of methoxy groups -OCH3 is 2. The first-order valence-corrected chi connectivity index (χ1v) is 4.81. The van der Waals surface area contributed by atoms with Gasteiger partial charge in [0, 0.05) is 14.2 Å². The van der Waals surface area contributed by atoms with Crippen LogP contribution in [0.1, 0.15) is 17.2 Å². The topological polar surface area (TPSA) is 56.5 Å². The lowest BCUT2D eigenvalue weighted by Gasteiger charge is -2.24. The van der Waals surface area contributed by atoms with Gasteiger partial charge in [0.05, 0.1) is 6.04 Å². The Morgan fingerprint density at radius 1 is 1.27 bits per heavy atom. The number of benzene rings is 1. The minimum absolute atomic E-state index is 0.167. The Balaban J connectivity index is 2.90. The zero-order valence-corrected chi connectivity index (χ0v) is 9.36. The van der Waals surface area contributed by atoms with Crippen LogP contribution in [0.3, 0.4) is 0 Å². The van der Waals surface area contributed by atoms with Crippen LogP contribution in [0.15, 0.2) is 24.3 Å². The summed E-state index contributed by atoms with van der Waals surface area (Å²) in [7, 11) is 3.18. The highest BCUT2D eigenvalue weighted by Crippen LogP contribution is 2.19. The average Bonchev–Trinajstić information content (AvgIpc) is 2.25. The van der Waals surface area contributed by atoms with Crippen LogP contribution < -0.4 is 11.3 Å². The molecule has 15 heavy (non-hydrogen) atoms. The molecule has 4 heteroatoms. The molecule has 0 heterocycles. The van der Waals surface area contributed by atoms with Gasteiger partial charge in [-0.25, -0.2) is 5.43 Å². The van der Waals surface area contributed by atoms with Crippen LogP contribution in [0.2, 0.25) is 0 Å². The van der Waals surface area contributed by atoms with Gasteiger partial charge in [-0.3, -0.25) is 5.84 Å². The first kappa shape index (κ1) is 12.1. The minimum atomic E-state index is -0.392. The van der Waals surface area contributed by atoms with Crippen LogP contribution in [-0.4, -0.2) is 20.5 Å². The van der Waals surface area contributed by atoms with Crippen molar-refractivity contribution in [3.63, 3.8) is 0 Å². The van der Waals surface area contributed by atoms with E-state index in [9.17, 15) is 0 Å². The second-order valence-corrected chi connectivity index (χ2v) is 3.40. The quantitative estimate of drug-likeness (QED) is 0.434. The lowest BCUT2D eigenvalue weighted by atomic mass is 10.0. The van der Waals surface area contributed by atoms with E-state index in [0.717, 1.165) is 5.56 Å². The van der Waals surface area contributed by atoms with Gasteiger partial charge in [0.25, 0.3) is 0 Å². The molecule has 0 aromatic heterocycles. The van der Waals surface area contributed by atoms with Crippen LogP contribution >= 0.6 is 0 Å². The molecule has 0 fully saturated rings. The van der Waals surface area contributed by atoms with Crippen molar-refractivity contribution in [3.05, 3.63) is 35.4 Å². The molecule has 0 spiro atoms. The maximum absolute atomic E-state index is 5.50. The van der Waals surface area contributed by atoms with E-state index in [1.807, 2.05) is 25.1 Å². The lowest BCUT2D eigenvalue weighted by Crippen LogP contribution is -2.38. The molecule has 0 radical (unpaired) electrons. The maximum Gasteiger partial charge on any atom is 0.177 e. The Morgan fingerprint density at radius 2 is 1.93 bits per heavy atom. The molecule has 0 aliphatic heterocycles.